The smallest absolute Gasteiger partial charge is 0.264 e. The van der Waals surface area contributed by atoms with E-state index in [1.165, 1.54) is 48.4 Å². The van der Waals surface area contributed by atoms with Gasteiger partial charge in [-0.25, -0.2) is 12.8 Å². The lowest BCUT2D eigenvalue weighted by Gasteiger charge is -2.32. The summed E-state index contributed by atoms with van der Waals surface area (Å²) in [6.07, 6.45) is 0. The first-order chi connectivity index (χ1) is 18.9. The highest BCUT2D eigenvalue weighted by molar-refractivity contribution is 7.92. The van der Waals surface area contributed by atoms with E-state index < -0.39 is 34.3 Å². The Hall–Kier alpha value is -3.92. The van der Waals surface area contributed by atoms with Gasteiger partial charge in [0.05, 0.1) is 17.7 Å². The highest BCUT2D eigenvalue weighted by Gasteiger charge is 2.32. The van der Waals surface area contributed by atoms with Crippen LogP contribution in [0.15, 0.2) is 77.7 Å². The van der Waals surface area contributed by atoms with Crippen molar-refractivity contribution in [1.29, 1.82) is 0 Å². The van der Waals surface area contributed by atoms with Gasteiger partial charge in [0.25, 0.3) is 10.0 Å². The molecule has 3 aromatic carbocycles. The Labute approximate surface area is 235 Å². The number of amides is 2. The lowest BCUT2D eigenvalue weighted by molar-refractivity contribution is -0.139. The number of nitrogens with one attached hydrogen (secondary N) is 1. The summed E-state index contributed by atoms with van der Waals surface area (Å²) in [5, 5.41) is 2.85. The number of ether oxygens (including phenoxy) is 1. The van der Waals surface area contributed by atoms with Crippen LogP contribution in [0.4, 0.5) is 10.1 Å². The van der Waals surface area contributed by atoms with Gasteiger partial charge in [-0.1, -0.05) is 43.7 Å². The third kappa shape index (κ3) is 7.81. The van der Waals surface area contributed by atoms with Crippen LogP contribution in [0.2, 0.25) is 0 Å². The number of benzene rings is 3. The fraction of sp³-hybridized carbons (Fsp3) is 0.333. The van der Waals surface area contributed by atoms with Crippen molar-refractivity contribution in [3.8, 4) is 5.75 Å². The zero-order valence-corrected chi connectivity index (χ0v) is 24.2. The minimum atomic E-state index is -4.26. The van der Waals surface area contributed by atoms with Crippen molar-refractivity contribution in [3.05, 3.63) is 89.7 Å². The summed E-state index contributed by atoms with van der Waals surface area (Å²) >= 11 is 0. The predicted molar refractivity (Wildman–Crippen MR) is 153 cm³/mol. The first-order valence-corrected chi connectivity index (χ1v) is 14.4. The van der Waals surface area contributed by atoms with Gasteiger partial charge in [0, 0.05) is 13.1 Å². The van der Waals surface area contributed by atoms with Crippen LogP contribution in [0, 0.1) is 18.7 Å². The number of methoxy groups -OCH3 is 1. The maximum Gasteiger partial charge on any atom is 0.264 e. The van der Waals surface area contributed by atoms with Gasteiger partial charge in [0.15, 0.2) is 0 Å². The molecule has 1 N–H and O–H groups in total. The summed E-state index contributed by atoms with van der Waals surface area (Å²) in [6, 6.07) is 17.3. The van der Waals surface area contributed by atoms with Crippen LogP contribution in [0.25, 0.3) is 0 Å². The molecule has 0 aliphatic carbocycles. The quantitative estimate of drug-likeness (QED) is 0.346. The molecule has 3 aromatic rings. The van der Waals surface area contributed by atoms with Gasteiger partial charge in [0.2, 0.25) is 11.8 Å². The van der Waals surface area contributed by atoms with Crippen molar-refractivity contribution in [2.45, 2.75) is 45.2 Å². The van der Waals surface area contributed by atoms with Crippen LogP contribution < -0.4 is 14.4 Å². The monoisotopic (exact) mass is 569 g/mol. The van der Waals surface area contributed by atoms with Crippen LogP contribution in [0.3, 0.4) is 0 Å². The summed E-state index contributed by atoms with van der Waals surface area (Å²) in [7, 11) is -2.79. The third-order valence-corrected chi connectivity index (χ3v) is 8.15. The average molecular weight is 570 g/mol. The minimum absolute atomic E-state index is 0.0711. The predicted octanol–water partition coefficient (Wildman–Crippen LogP) is 4.53. The number of sulfonamides is 1. The van der Waals surface area contributed by atoms with Crippen LogP contribution in [-0.2, 0) is 26.2 Å². The molecular weight excluding hydrogens is 533 g/mol. The van der Waals surface area contributed by atoms with E-state index in [1.54, 1.807) is 6.92 Å². The topological polar surface area (TPSA) is 96.0 Å². The zero-order valence-electron chi connectivity index (χ0n) is 23.4. The standard InChI is InChI=1S/C30H36FN3O5S/c1-21(2)18-32-30(36)23(4)33(19-24-8-6-22(3)7-9-24)29(35)20-34(26-12-10-25(31)11-13-26)40(37,38)28-16-14-27(39-5)15-17-28/h6-17,21,23H,18-20H2,1-5H3,(H,32,36). The van der Waals surface area contributed by atoms with E-state index in [4.69, 9.17) is 4.74 Å². The van der Waals surface area contributed by atoms with Crippen molar-refractivity contribution in [2.75, 3.05) is 24.5 Å². The number of anilines is 1. The van der Waals surface area contributed by atoms with E-state index >= 15 is 0 Å². The number of aryl methyl sites for hydroxylation is 1. The van der Waals surface area contributed by atoms with Crippen molar-refractivity contribution in [3.63, 3.8) is 0 Å². The molecule has 214 valence electrons. The normalized spacial score (nSPS) is 12.1. The highest BCUT2D eigenvalue weighted by atomic mass is 32.2. The Bertz CT molecular complexity index is 1390. The Morgan fingerprint density at radius 2 is 1.52 bits per heavy atom. The number of halogens is 1. The van der Waals surface area contributed by atoms with E-state index in [0.717, 1.165) is 27.6 Å². The molecule has 10 heteroatoms. The SMILES string of the molecule is COc1ccc(S(=O)(=O)N(CC(=O)N(Cc2ccc(C)cc2)C(C)C(=O)NCC(C)C)c2ccc(F)cc2)cc1. The summed E-state index contributed by atoms with van der Waals surface area (Å²) in [5.41, 5.74) is 1.93. The number of rotatable bonds is 12. The highest BCUT2D eigenvalue weighted by Crippen LogP contribution is 2.26. The number of hydrogen-bond donors (Lipinski definition) is 1. The molecule has 0 fully saturated rings. The molecule has 0 radical (unpaired) electrons. The molecule has 0 bridgehead atoms. The average Bonchev–Trinajstić information content (AvgIpc) is 2.94. The molecule has 0 saturated carbocycles. The number of carbonyl (C=O) groups excluding carboxylic acids is 2. The molecule has 0 aromatic heterocycles. The van der Waals surface area contributed by atoms with E-state index in [9.17, 15) is 22.4 Å². The lowest BCUT2D eigenvalue weighted by atomic mass is 10.1. The number of hydrogen-bond acceptors (Lipinski definition) is 5. The van der Waals surface area contributed by atoms with Gasteiger partial charge >= 0.3 is 0 Å². The molecular formula is C30H36FN3O5S. The molecule has 1 atom stereocenters. The van der Waals surface area contributed by atoms with Gasteiger partial charge in [-0.15, -0.1) is 0 Å². The molecule has 40 heavy (non-hydrogen) atoms. The molecule has 0 aliphatic rings. The van der Waals surface area contributed by atoms with Crippen LogP contribution in [0.1, 0.15) is 31.9 Å². The summed E-state index contributed by atoms with van der Waals surface area (Å²) in [6.45, 7) is 7.41. The van der Waals surface area contributed by atoms with Crippen molar-refractivity contribution in [2.24, 2.45) is 5.92 Å². The van der Waals surface area contributed by atoms with Crippen LogP contribution in [-0.4, -0.2) is 51.4 Å². The minimum Gasteiger partial charge on any atom is -0.497 e. The second kappa shape index (κ2) is 13.4. The van der Waals surface area contributed by atoms with Crippen LogP contribution >= 0.6 is 0 Å². The largest absolute Gasteiger partial charge is 0.497 e. The maximum atomic E-state index is 13.9. The maximum absolute atomic E-state index is 13.9. The summed E-state index contributed by atoms with van der Waals surface area (Å²) < 4.78 is 47.4. The van der Waals surface area contributed by atoms with Crippen molar-refractivity contribution < 1.29 is 27.1 Å². The molecule has 2 amide bonds. The molecule has 0 saturated heterocycles. The Morgan fingerprint density at radius 3 is 2.08 bits per heavy atom. The fourth-order valence-electron chi connectivity index (χ4n) is 3.94. The summed E-state index contributed by atoms with van der Waals surface area (Å²) in [5.74, 6) is -0.808. The van der Waals surface area contributed by atoms with Gasteiger partial charge in [-0.2, -0.15) is 0 Å². The first kappa shape index (κ1) is 30.6. The van der Waals surface area contributed by atoms with Gasteiger partial charge in [0.1, 0.15) is 24.2 Å². The zero-order chi connectivity index (χ0) is 29.4. The van der Waals surface area contributed by atoms with E-state index in [2.05, 4.69) is 5.32 Å². The van der Waals surface area contributed by atoms with Crippen molar-refractivity contribution >= 4 is 27.5 Å². The Balaban J connectivity index is 2.00. The van der Waals surface area contributed by atoms with E-state index in [1.807, 2.05) is 45.0 Å². The Morgan fingerprint density at radius 1 is 0.925 bits per heavy atom. The van der Waals surface area contributed by atoms with E-state index in [-0.39, 0.29) is 29.0 Å². The molecule has 0 spiro atoms. The second-order valence-corrected chi connectivity index (χ2v) is 11.8. The number of carbonyl (C=O) groups is 2. The third-order valence-electron chi connectivity index (χ3n) is 6.37. The lowest BCUT2D eigenvalue weighted by Crippen LogP contribution is -2.51. The fourth-order valence-corrected chi connectivity index (χ4v) is 5.35. The molecule has 0 heterocycles. The van der Waals surface area contributed by atoms with Gasteiger partial charge in [-0.05, 0) is 73.9 Å². The molecule has 0 aliphatic heterocycles. The molecule has 1 unspecified atom stereocenters. The second-order valence-electron chi connectivity index (χ2n) is 9.99. The Kier molecular flexibility index (Phi) is 10.3. The van der Waals surface area contributed by atoms with Crippen LogP contribution in [0.5, 0.6) is 5.75 Å². The summed E-state index contributed by atoms with van der Waals surface area (Å²) in [4.78, 5) is 28.2. The first-order valence-electron chi connectivity index (χ1n) is 13.0. The van der Waals surface area contributed by atoms with Gasteiger partial charge < -0.3 is 15.0 Å². The molecule has 3 rings (SSSR count). The number of nitrogens with zero attached hydrogens (tertiary/aromatic N) is 2. The van der Waals surface area contributed by atoms with Gasteiger partial charge in [-0.3, -0.25) is 13.9 Å². The van der Waals surface area contributed by atoms with Crippen molar-refractivity contribution in [1.82, 2.24) is 10.2 Å². The molecule has 8 nitrogen and oxygen atoms in total. The van der Waals surface area contributed by atoms with E-state index in [0.29, 0.717) is 12.3 Å².